The van der Waals surface area contributed by atoms with Crippen molar-refractivity contribution in [2.24, 2.45) is 5.92 Å². The molecule has 0 aromatic heterocycles. The van der Waals surface area contributed by atoms with Crippen molar-refractivity contribution in [2.75, 3.05) is 18.5 Å². The maximum Gasteiger partial charge on any atom is 0.119 e. The van der Waals surface area contributed by atoms with Crippen LogP contribution in [0.25, 0.3) is 0 Å². The molecule has 0 aliphatic heterocycles. The van der Waals surface area contributed by atoms with Gasteiger partial charge in [-0.3, -0.25) is 0 Å². The molecule has 0 bridgehead atoms. The van der Waals surface area contributed by atoms with Crippen molar-refractivity contribution in [3.8, 4) is 5.75 Å². The maximum absolute atomic E-state index is 5.62. The van der Waals surface area contributed by atoms with Gasteiger partial charge < -0.3 is 10.1 Å². The molecule has 0 aliphatic carbocycles. The summed E-state index contributed by atoms with van der Waals surface area (Å²) in [5, 5.41) is 3.52. The average molecular weight is 325 g/mol. The molecule has 0 radical (unpaired) electrons. The van der Waals surface area contributed by atoms with Gasteiger partial charge in [0.2, 0.25) is 0 Å². The second-order valence-electron chi connectivity index (χ2n) is 6.99. The van der Waals surface area contributed by atoms with Crippen molar-refractivity contribution >= 4 is 5.69 Å². The van der Waals surface area contributed by atoms with E-state index >= 15 is 0 Å². The Bertz CT molecular complexity index is 586. The molecule has 2 aromatic carbocycles. The largest absolute Gasteiger partial charge is 0.494 e. The first-order valence-electron chi connectivity index (χ1n) is 9.14. The summed E-state index contributed by atoms with van der Waals surface area (Å²) in [5.74, 6) is 2.13. The minimum atomic E-state index is 0.481. The lowest BCUT2D eigenvalue weighted by Crippen LogP contribution is -2.10. The number of hydrogen-bond donors (Lipinski definition) is 1. The number of nitrogens with one attached hydrogen (secondary N) is 1. The molecule has 0 saturated heterocycles. The molecule has 2 aromatic rings. The molecule has 0 fully saturated rings. The fourth-order valence-corrected chi connectivity index (χ4v) is 2.73. The summed E-state index contributed by atoms with van der Waals surface area (Å²) in [4.78, 5) is 0. The highest BCUT2D eigenvalue weighted by Crippen LogP contribution is 2.20. The third-order valence-corrected chi connectivity index (χ3v) is 4.13. The second kappa shape index (κ2) is 9.36. The van der Waals surface area contributed by atoms with Crippen LogP contribution in [-0.4, -0.2) is 13.2 Å². The highest BCUT2D eigenvalue weighted by atomic mass is 16.5. The Kier molecular flexibility index (Phi) is 7.17. The molecule has 0 amide bonds. The smallest absolute Gasteiger partial charge is 0.119 e. The molecular weight excluding hydrogens is 294 g/mol. The summed E-state index contributed by atoms with van der Waals surface area (Å²) in [7, 11) is 0. The van der Waals surface area contributed by atoms with Crippen molar-refractivity contribution in [1.82, 2.24) is 0 Å². The van der Waals surface area contributed by atoms with E-state index in [1.807, 2.05) is 12.1 Å². The van der Waals surface area contributed by atoms with Crippen LogP contribution in [0.2, 0.25) is 0 Å². The third-order valence-electron chi connectivity index (χ3n) is 4.13. The minimum absolute atomic E-state index is 0.481. The van der Waals surface area contributed by atoms with Gasteiger partial charge in [0.1, 0.15) is 5.75 Å². The van der Waals surface area contributed by atoms with E-state index in [2.05, 4.69) is 69.4 Å². The SMILES string of the molecule is CCCOc1ccc(NCC(C)c2ccc(CC(C)C)cc2)cc1. The van der Waals surface area contributed by atoms with E-state index in [0.717, 1.165) is 37.4 Å². The molecular formula is C22H31NO. The standard InChI is InChI=1S/C22H31NO/c1-5-14-24-22-12-10-21(11-13-22)23-16-18(4)20-8-6-19(7-9-20)15-17(2)3/h6-13,17-18,23H,5,14-16H2,1-4H3. The van der Waals surface area contributed by atoms with Crippen LogP contribution in [0.4, 0.5) is 5.69 Å². The lowest BCUT2D eigenvalue weighted by molar-refractivity contribution is 0.317. The fraction of sp³-hybridized carbons (Fsp3) is 0.455. The van der Waals surface area contributed by atoms with Crippen LogP contribution in [0.1, 0.15) is 51.2 Å². The van der Waals surface area contributed by atoms with Crippen molar-refractivity contribution in [1.29, 1.82) is 0 Å². The highest BCUT2D eigenvalue weighted by molar-refractivity contribution is 5.46. The summed E-state index contributed by atoms with van der Waals surface area (Å²) < 4.78 is 5.62. The predicted octanol–water partition coefficient (Wildman–Crippen LogP) is 5.89. The van der Waals surface area contributed by atoms with Crippen molar-refractivity contribution in [2.45, 2.75) is 46.5 Å². The molecule has 0 saturated carbocycles. The second-order valence-corrected chi connectivity index (χ2v) is 6.99. The van der Waals surface area contributed by atoms with Crippen molar-refractivity contribution < 1.29 is 4.74 Å². The van der Waals surface area contributed by atoms with Gasteiger partial charge in [-0.2, -0.15) is 0 Å². The normalized spacial score (nSPS) is 12.2. The van der Waals surface area contributed by atoms with Crippen LogP contribution in [0, 0.1) is 5.92 Å². The van der Waals surface area contributed by atoms with Crippen LogP contribution < -0.4 is 10.1 Å². The van der Waals surface area contributed by atoms with E-state index in [-0.39, 0.29) is 0 Å². The first kappa shape index (κ1) is 18.4. The van der Waals surface area contributed by atoms with Crippen LogP contribution in [0.5, 0.6) is 5.75 Å². The zero-order valence-electron chi connectivity index (χ0n) is 15.5. The van der Waals surface area contributed by atoms with E-state index in [1.54, 1.807) is 0 Å². The number of ether oxygens (including phenoxy) is 1. The zero-order chi connectivity index (χ0) is 17.4. The molecule has 0 aliphatic rings. The third kappa shape index (κ3) is 5.92. The van der Waals surface area contributed by atoms with Crippen LogP contribution in [0.15, 0.2) is 48.5 Å². The molecule has 0 spiro atoms. The van der Waals surface area contributed by atoms with E-state index in [1.165, 1.54) is 11.1 Å². The molecule has 2 heteroatoms. The van der Waals surface area contributed by atoms with Gasteiger partial charge in [-0.15, -0.1) is 0 Å². The fourth-order valence-electron chi connectivity index (χ4n) is 2.73. The van der Waals surface area contributed by atoms with E-state index in [0.29, 0.717) is 11.8 Å². The lowest BCUT2D eigenvalue weighted by atomic mass is 9.97. The van der Waals surface area contributed by atoms with Gasteiger partial charge in [0, 0.05) is 12.2 Å². The predicted molar refractivity (Wildman–Crippen MR) is 104 cm³/mol. The maximum atomic E-state index is 5.62. The van der Waals surface area contributed by atoms with Gasteiger partial charge in [-0.1, -0.05) is 52.0 Å². The Hall–Kier alpha value is -1.96. The molecule has 24 heavy (non-hydrogen) atoms. The Balaban J connectivity index is 1.84. The molecule has 0 heterocycles. The summed E-state index contributed by atoms with van der Waals surface area (Å²) >= 11 is 0. The summed E-state index contributed by atoms with van der Waals surface area (Å²) in [5.41, 5.74) is 3.96. The average Bonchev–Trinajstić information content (AvgIpc) is 2.59. The van der Waals surface area contributed by atoms with Gasteiger partial charge in [-0.25, -0.2) is 0 Å². The Morgan fingerprint density at radius 1 is 0.917 bits per heavy atom. The van der Waals surface area contributed by atoms with Crippen LogP contribution in [-0.2, 0) is 6.42 Å². The summed E-state index contributed by atoms with van der Waals surface area (Å²) in [6.45, 7) is 10.6. The van der Waals surface area contributed by atoms with Crippen molar-refractivity contribution in [3.63, 3.8) is 0 Å². The molecule has 130 valence electrons. The van der Waals surface area contributed by atoms with Crippen LogP contribution >= 0.6 is 0 Å². The number of anilines is 1. The quantitative estimate of drug-likeness (QED) is 0.620. The van der Waals surface area contributed by atoms with Gasteiger partial charge >= 0.3 is 0 Å². The first-order chi connectivity index (χ1) is 11.6. The summed E-state index contributed by atoms with van der Waals surface area (Å²) in [6, 6.07) is 17.3. The molecule has 1 atom stereocenters. The Morgan fingerprint density at radius 2 is 1.58 bits per heavy atom. The van der Waals surface area contributed by atoms with E-state index < -0.39 is 0 Å². The monoisotopic (exact) mass is 325 g/mol. The van der Waals surface area contributed by atoms with E-state index in [4.69, 9.17) is 4.74 Å². The molecule has 1 unspecified atom stereocenters. The van der Waals surface area contributed by atoms with Gasteiger partial charge in [0.15, 0.2) is 0 Å². The molecule has 1 N–H and O–H groups in total. The highest BCUT2D eigenvalue weighted by Gasteiger charge is 2.06. The number of benzene rings is 2. The molecule has 2 rings (SSSR count). The van der Waals surface area contributed by atoms with Gasteiger partial charge in [-0.05, 0) is 60.1 Å². The number of rotatable bonds is 9. The zero-order valence-corrected chi connectivity index (χ0v) is 15.5. The first-order valence-corrected chi connectivity index (χ1v) is 9.14. The molecule has 2 nitrogen and oxygen atoms in total. The topological polar surface area (TPSA) is 21.3 Å². The van der Waals surface area contributed by atoms with Gasteiger partial charge in [0.05, 0.1) is 6.61 Å². The minimum Gasteiger partial charge on any atom is -0.494 e. The van der Waals surface area contributed by atoms with Gasteiger partial charge in [0.25, 0.3) is 0 Å². The van der Waals surface area contributed by atoms with Crippen molar-refractivity contribution in [3.05, 3.63) is 59.7 Å². The summed E-state index contributed by atoms with van der Waals surface area (Å²) in [6.07, 6.45) is 2.19. The lowest BCUT2D eigenvalue weighted by Gasteiger charge is -2.15. The number of hydrogen-bond acceptors (Lipinski definition) is 2. The Morgan fingerprint density at radius 3 is 2.17 bits per heavy atom. The Labute approximate surface area is 147 Å². The van der Waals surface area contributed by atoms with E-state index in [9.17, 15) is 0 Å². The van der Waals surface area contributed by atoms with Crippen LogP contribution in [0.3, 0.4) is 0 Å².